The Morgan fingerprint density at radius 2 is 1.95 bits per heavy atom. The highest BCUT2D eigenvalue weighted by atomic mass is 16.4. The second-order valence-corrected chi connectivity index (χ2v) is 5.66. The standard InChI is InChI=1S/C13H19N3O5/c1-7-5-16(6-8(7)12(19)20)13(21)14-9-3-4-10(17)15(2)11(9)18/h7-9H,3-6H2,1-2H3,(H,14,21)(H,19,20). The Labute approximate surface area is 122 Å². The summed E-state index contributed by atoms with van der Waals surface area (Å²) in [6, 6.07) is -1.17. The minimum absolute atomic E-state index is 0.125. The molecule has 0 aromatic carbocycles. The maximum absolute atomic E-state index is 12.1. The molecule has 8 nitrogen and oxygen atoms in total. The van der Waals surface area contributed by atoms with Gasteiger partial charge in [0.1, 0.15) is 6.04 Å². The van der Waals surface area contributed by atoms with Crippen molar-refractivity contribution in [1.29, 1.82) is 0 Å². The van der Waals surface area contributed by atoms with Crippen LogP contribution in [0.25, 0.3) is 0 Å². The number of hydrogen-bond acceptors (Lipinski definition) is 4. The number of piperidine rings is 1. The van der Waals surface area contributed by atoms with E-state index in [-0.39, 0.29) is 31.2 Å². The third kappa shape index (κ3) is 2.98. The molecule has 0 aromatic heterocycles. The smallest absolute Gasteiger partial charge is 0.318 e. The Bertz CT molecular complexity index is 492. The first-order chi connectivity index (χ1) is 9.81. The third-order valence-corrected chi connectivity index (χ3v) is 4.16. The Morgan fingerprint density at radius 3 is 2.52 bits per heavy atom. The molecule has 2 saturated heterocycles. The van der Waals surface area contributed by atoms with E-state index in [2.05, 4.69) is 5.32 Å². The van der Waals surface area contributed by atoms with Crippen LogP contribution in [-0.4, -0.2) is 64.9 Å². The zero-order valence-corrected chi connectivity index (χ0v) is 12.0. The molecule has 2 aliphatic rings. The Kier molecular flexibility index (Phi) is 4.15. The summed E-state index contributed by atoms with van der Waals surface area (Å²) < 4.78 is 0. The summed E-state index contributed by atoms with van der Waals surface area (Å²) >= 11 is 0. The molecule has 8 heteroatoms. The first-order valence-electron chi connectivity index (χ1n) is 6.90. The highest BCUT2D eigenvalue weighted by molar-refractivity contribution is 6.01. The quantitative estimate of drug-likeness (QED) is 0.668. The maximum Gasteiger partial charge on any atom is 0.318 e. The van der Waals surface area contributed by atoms with E-state index >= 15 is 0 Å². The SMILES string of the molecule is CC1CN(C(=O)NC2CCC(=O)N(C)C2=O)CC1C(=O)O. The summed E-state index contributed by atoms with van der Waals surface area (Å²) in [5.74, 6) is -2.31. The van der Waals surface area contributed by atoms with Crippen molar-refractivity contribution in [3.8, 4) is 0 Å². The van der Waals surface area contributed by atoms with Gasteiger partial charge in [-0.2, -0.15) is 0 Å². The van der Waals surface area contributed by atoms with Gasteiger partial charge < -0.3 is 15.3 Å². The number of amides is 4. The van der Waals surface area contributed by atoms with E-state index in [1.54, 1.807) is 6.92 Å². The Morgan fingerprint density at radius 1 is 1.29 bits per heavy atom. The molecule has 2 rings (SSSR count). The summed E-state index contributed by atoms with van der Waals surface area (Å²) in [6.45, 7) is 2.26. The van der Waals surface area contributed by atoms with Gasteiger partial charge >= 0.3 is 12.0 Å². The van der Waals surface area contributed by atoms with Crippen molar-refractivity contribution < 1.29 is 24.3 Å². The van der Waals surface area contributed by atoms with E-state index in [0.717, 1.165) is 4.90 Å². The van der Waals surface area contributed by atoms with E-state index in [1.165, 1.54) is 11.9 Å². The van der Waals surface area contributed by atoms with Crippen molar-refractivity contribution in [2.45, 2.75) is 25.8 Å². The molecule has 3 atom stereocenters. The molecular weight excluding hydrogens is 278 g/mol. The van der Waals surface area contributed by atoms with Crippen molar-refractivity contribution in [1.82, 2.24) is 15.1 Å². The van der Waals surface area contributed by atoms with Gasteiger partial charge in [-0.3, -0.25) is 19.3 Å². The van der Waals surface area contributed by atoms with Gasteiger partial charge in [0.25, 0.3) is 5.91 Å². The molecule has 2 aliphatic heterocycles. The highest BCUT2D eigenvalue weighted by Gasteiger charge is 2.39. The van der Waals surface area contributed by atoms with Gasteiger partial charge in [-0.25, -0.2) is 4.79 Å². The van der Waals surface area contributed by atoms with Gasteiger partial charge in [0.15, 0.2) is 0 Å². The van der Waals surface area contributed by atoms with E-state index in [1.807, 2.05) is 0 Å². The molecule has 4 amide bonds. The molecule has 116 valence electrons. The van der Waals surface area contributed by atoms with Crippen LogP contribution in [0.3, 0.4) is 0 Å². The summed E-state index contributed by atoms with van der Waals surface area (Å²) in [5, 5.41) is 11.6. The van der Waals surface area contributed by atoms with Gasteiger partial charge in [0.05, 0.1) is 5.92 Å². The van der Waals surface area contributed by atoms with Crippen LogP contribution in [0.2, 0.25) is 0 Å². The number of urea groups is 1. The number of nitrogens with one attached hydrogen (secondary N) is 1. The number of carbonyl (C=O) groups excluding carboxylic acids is 3. The minimum atomic E-state index is -0.920. The Hall–Kier alpha value is -2.12. The molecule has 0 radical (unpaired) electrons. The summed E-state index contributed by atoms with van der Waals surface area (Å²) in [5.41, 5.74) is 0. The number of carbonyl (C=O) groups is 4. The van der Waals surface area contributed by atoms with E-state index in [0.29, 0.717) is 6.54 Å². The predicted octanol–water partition coefficient (Wildman–Crippen LogP) is -0.504. The van der Waals surface area contributed by atoms with Crippen LogP contribution in [0.15, 0.2) is 0 Å². The fourth-order valence-electron chi connectivity index (χ4n) is 2.74. The number of carboxylic acid groups (broad SMARTS) is 1. The molecule has 3 unspecified atom stereocenters. The average molecular weight is 297 g/mol. The second kappa shape index (κ2) is 5.71. The van der Waals surface area contributed by atoms with Crippen molar-refractivity contribution in [2.24, 2.45) is 11.8 Å². The third-order valence-electron chi connectivity index (χ3n) is 4.16. The van der Waals surface area contributed by atoms with Crippen LogP contribution in [-0.2, 0) is 14.4 Å². The van der Waals surface area contributed by atoms with Crippen molar-refractivity contribution in [3.05, 3.63) is 0 Å². The molecule has 0 spiro atoms. The fourth-order valence-corrected chi connectivity index (χ4v) is 2.74. The molecule has 2 fully saturated rings. The van der Waals surface area contributed by atoms with Crippen molar-refractivity contribution >= 4 is 23.8 Å². The molecule has 21 heavy (non-hydrogen) atoms. The number of nitrogens with zero attached hydrogens (tertiary/aromatic N) is 2. The molecular formula is C13H19N3O5. The van der Waals surface area contributed by atoms with Gasteiger partial charge in [-0.1, -0.05) is 6.92 Å². The molecule has 2 N–H and O–H groups in total. The number of rotatable bonds is 2. The molecule has 0 aromatic rings. The number of likely N-dealkylation sites (N-methyl/N-ethyl adjacent to an activating group) is 1. The lowest BCUT2D eigenvalue weighted by Gasteiger charge is -2.29. The summed E-state index contributed by atoms with van der Waals surface area (Å²) in [6.07, 6.45) is 0.487. The number of imide groups is 1. The molecule has 0 aliphatic carbocycles. The first kappa shape index (κ1) is 15.3. The van der Waals surface area contributed by atoms with Gasteiger partial charge in [0, 0.05) is 26.6 Å². The normalized spacial score (nSPS) is 29.7. The number of likely N-dealkylation sites (tertiary alicyclic amines) is 2. The Balaban J connectivity index is 1.95. The molecule has 0 bridgehead atoms. The minimum Gasteiger partial charge on any atom is -0.481 e. The average Bonchev–Trinajstić information content (AvgIpc) is 2.82. The van der Waals surface area contributed by atoms with Gasteiger partial charge in [-0.15, -0.1) is 0 Å². The monoisotopic (exact) mass is 297 g/mol. The van der Waals surface area contributed by atoms with E-state index < -0.39 is 29.9 Å². The van der Waals surface area contributed by atoms with Crippen LogP contribution in [0.4, 0.5) is 4.79 Å². The van der Waals surface area contributed by atoms with Crippen molar-refractivity contribution in [3.63, 3.8) is 0 Å². The molecule has 2 heterocycles. The summed E-state index contributed by atoms with van der Waals surface area (Å²) in [4.78, 5) is 48.9. The lowest BCUT2D eigenvalue weighted by atomic mass is 9.99. The number of aliphatic carboxylic acids is 1. The van der Waals surface area contributed by atoms with Crippen LogP contribution in [0.1, 0.15) is 19.8 Å². The fraction of sp³-hybridized carbons (Fsp3) is 0.692. The number of carboxylic acids is 1. The molecule has 0 saturated carbocycles. The lowest BCUT2D eigenvalue weighted by molar-refractivity contribution is -0.148. The van der Waals surface area contributed by atoms with Gasteiger partial charge in [-0.05, 0) is 12.3 Å². The topological polar surface area (TPSA) is 107 Å². The first-order valence-corrected chi connectivity index (χ1v) is 6.90. The van der Waals surface area contributed by atoms with Crippen LogP contribution in [0, 0.1) is 11.8 Å². The zero-order valence-electron chi connectivity index (χ0n) is 12.0. The maximum atomic E-state index is 12.1. The lowest BCUT2D eigenvalue weighted by Crippen LogP contribution is -2.55. The highest BCUT2D eigenvalue weighted by Crippen LogP contribution is 2.23. The van der Waals surface area contributed by atoms with E-state index in [9.17, 15) is 19.2 Å². The van der Waals surface area contributed by atoms with Crippen molar-refractivity contribution in [2.75, 3.05) is 20.1 Å². The number of hydrogen-bond donors (Lipinski definition) is 2. The second-order valence-electron chi connectivity index (χ2n) is 5.66. The van der Waals surface area contributed by atoms with Crippen LogP contribution >= 0.6 is 0 Å². The predicted molar refractivity (Wildman–Crippen MR) is 71.2 cm³/mol. The zero-order chi connectivity index (χ0) is 15.7. The largest absolute Gasteiger partial charge is 0.481 e. The summed E-state index contributed by atoms with van der Waals surface area (Å²) in [7, 11) is 1.39. The van der Waals surface area contributed by atoms with E-state index in [4.69, 9.17) is 5.11 Å². The van der Waals surface area contributed by atoms with Crippen LogP contribution < -0.4 is 5.32 Å². The van der Waals surface area contributed by atoms with Crippen LogP contribution in [0.5, 0.6) is 0 Å². The van der Waals surface area contributed by atoms with Gasteiger partial charge in [0.2, 0.25) is 5.91 Å².